The Kier molecular flexibility index (Phi) is 3.11. The fourth-order valence-corrected chi connectivity index (χ4v) is 1.52. The quantitative estimate of drug-likeness (QED) is 0.572. The molecule has 0 fully saturated rings. The number of methoxy groups -OCH3 is 1. The maximum atomic E-state index is 13.0. The first-order valence-electron chi connectivity index (χ1n) is 2.95. The predicted molar refractivity (Wildman–Crippen MR) is 50.6 cm³/mol. The molecule has 1 rings (SSSR count). The molecule has 1 aromatic rings. The molecule has 0 N–H and O–H groups in total. The van der Waals surface area contributed by atoms with E-state index in [1.807, 2.05) is 0 Å². The molecular formula is C7H4ClF2IO. The summed E-state index contributed by atoms with van der Waals surface area (Å²) in [5.41, 5.74) is 0. The second-order valence-electron chi connectivity index (χ2n) is 2.00. The lowest BCUT2D eigenvalue weighted by molar-refractivity contribution is 0.379. The molecule has 0 aromatic heterocycles. The van der Waals surface area contributed by atoms with Crippen LogP contribution in [0.1, 0.15) is 0 Å². The molecule has 0 heterocycles. The highest BCUT2D eigenvalue weighted by Gasteiger charge is 2.15. The summed E-state index contributed by atoms with van der Waals surface area (Å²) < 4.78 is 30.6. The normalized spacial score (nSPS) is 10.1. The first-order chi connectivity index (χ1) is 5.57. The molecule has 0 saturated heterocycles. The molecule has 0 amide bonds. The lowest BCUT2D eigenvalue weighted by Gasteiger charge is -2.06. The van der Waals surface area contributed by atoms with Crippen LogP contribution in [-0.2, 0) is 0 Å². The van der Waals surface area contributed by atoms with Crippen molar-refractivity contribution in [3.05, 3.63) is 26.3 Å². The number of hydrogen-bond donors (Lipinski definition) is 0. The van der Waals surface area contributed by atoms with Crippen LogP contribution in [0.3, 0.4) is 0 Å². The van der Waals surface area contributed by atoms with E-state index in [9.17, 15) is 8.78 Å². The van der Waals surface area contributed by atoms with Gasteiger partial charge < -0.3 is 4.74 Å². The van der Waals surface area contributed by atoms with Gasteiger partial charge in [0.25, 0.3) is 0 Å². The van der Waals surface area contributed by atoms with Gasteiger partial charge in [0.1, 0.15) is 5.82 Å². The average Bonchev–Trinajstić information content (AvgIpc) is 2.02. The topological polar surface area (TPSA) is 9.23 Å². The smallest absolute Gasteiger partial charge is 0.184 e. The average molecular weight is 304 g/mol. The zero-order valence-corrected chi connectivity index (χ0v) is 8.91. The van der Waals surface area contributed by atoms with Crippen LogP contribution in [-0.4, -0.2) is 7.11 Å². The Morgan fingerprint density at radius 2 is 2.08 bits per heavy atom. The van der Waals surface area contributed by atoms with Gasteiger partial charge in [-0.3, -0.25) is 0 Å². The largest absolute Gasteiger partial charge is 0.492 e. The van der Waals surface area contributed by atoms with Crippen molar-refractivity contribution in [2.75, 3.05) is 7.11 Å². The van der Waals surface area contributed by atoms with E-state index in [2.05, 4.69) is 4.74 Å². The highest BCUT2D eigenvalue weighted by Crippen LogP contribution is 2.31. The van der Waals surface area contributed by atoms with Crippen LogP contribution in [0.2, 0.25) is 5.02 Å². The Hall–Kier alpha value is -0.100. The second kappa shape index (κ2) is 3.74. The highest BCUT2D eigenvalue weighted by atomic mass is 127. The summed E-state index contributed by atoms with van der Waals surface area (Å²) >= 11 is 7.02. The standard InChI is InChI=1S/C7H4ClF2IO/c1-12-7-5(10)3(8)2-4(9)6(7)11/h2H,1H3. The van der Waals surface area contributed by atoms with Crippen LogP contribution < -0.4 is 4.74 Å². The zero-order chi connectivity index (χ0) is 9.30. The van der Waals surface area contributed by atoms with Crippen molar-refractivity contribution in [3.63, 3.8) is 0 Å². The maximum absolute atomic E-state index is 13.0. The summed E-state index contributed by atoms with van der Waals surface area (Å²) in [6.45, 7) is 0. The Labute approximate surface area is 86.8 Å². The third-order valence-corrected chi connectivity index (χ3v) is 2.56. The molecule has 0 radical (unpaired) electrons. The van der Waals surface area contributed by atoms with Gasteiger partial charge >= 0.3 is 0 Å². The summed E-state index contributed by atoms with van der Waals surface area (Å²) in [7, 11) is 1.26. The number of benzene rings is 1. The number of hydrogen-bond acceptors (Lipinski definition) is 1. The lowest BCUT2D eigenvalue weighted by atomic mass is 10.3. The SMILES string of the molecule is COc1c(F)c(Cl)cc(F)c1I. The van der Waals surface area contributed by atoms with Gasteiger partial charge in [0.15, 0.2) is 11.6 Å². The zero-order valence-electron chi connectivity index (χ0n) is 6.00. The third kappa shape index (κ3) is 1.64. The Morgan fingerprint density at radius 3 is 2.58 bits per heavy atom. The Morgan fingerprint density at radius 1 is 1.50 bits per heavy atom. The van der Waals surface area contributed by atoms with Crippen molar-refractivity contribution in [1.82, 2.24) is 0 Å². The first kappa shape index (κ1) is 9.98. The number of halogens is 4. The number of ether oxygens (including phenoxy) is 1. The predicted octanol–water partition coefficient (Wildman–Crippen LogP) is 3.23. The van der Waals surface area contributed by atoms with Gasteiger partial charge in [-0.05, 0) is 28.7 Å². The minimum atomic E-state index is -0.732. The van der Waals surface area contributed by atoms with Crippen LogP contribution in [0.4, 0.5) is 8.78 Å². The maximum Gasteiger partial charge on any atom is 0.184 e. The van der Waals surface area contributed by atoms with E-state index in [-0.39, 0.29) is 14.3 Å². The van der Waals surface area contributed by atoms with Gasteiger partial charge in [-0.25, -0.2) is 8.78 Å². The summed E-state index contributed by atoms with van der Waals surface area (Å²) in [5.74, 6) is -1.47. The molecule has 0 bridgehead atoms. The van der Waals surface area contributed by atoms with Crippen LogP contribution in [0.25, 0.3) is 0 Å². The van der Waals surface area contributed by atoms with Crippen molar-refractivity contribution < 1.29 is 13.5 Å². The molecule has 0 spiro atoms. The molecule has 0 saturated carbocycles. The van der Waals surface area contributed by atoms with Crippen molar-refractivity contribution in [1.29, 1.82) is 0 Å². The molecule has 66 valence electrons. The minimum absolute atomic E-state index is 0.0944. The monoisotopic (exact) mass is 304 g/mol. The van der Waals surface area contributed by atoms with E-state index < -0.39 is 11.6 Å². The Balaban J connectivity index is 3.42. The fraction of sp³-hybridized carbons (Fsp3) is 0.143. The fourth-order valence-electron chi connectivity index (χ4n) is 0.730. The number of rotatable bonds is 1. The van der Waals surface area contributed by atoms with Crippen molar-refractivity contribution in [2.24, 2.45) is 0 Å². The van der Waals surface area contributed by atoms with Crippen LogP contribution in [0.5, 0.6) is 5.75 Å². The second-order valence-corrected chi connectivity index (χ2v) is 3.49. The van der Waals surface area contributed by atoms with E-state index in [1.165, 1.54) is 7.11 Å². The van der Waals surface area contributed by atoms with E-state index in [1.54, 1.807) is 22.6 Å². The van der Waals surface area contributed by atoms with Crippen molar-refractivity contribution in [3.8, 4) is 5.75 Å². The molecule has 0 atom stereocenters. The van der Waals surface area contributed by atoms with Gasteiger partial charge in [0, 0.05) is 0 Å². The summed E-state index contributed by atoms with van der Waals surface area (Å²) in [5, 5.41) is -0.273. The van der Waals surface area contributed by atoms with E-state index in [0.717, 1.165) is 6.07 Å². The lowest BCUT2D eigenvalue weighted by Crippen LogP contribution is -1.95. The Bertz CT molecular complexity index is 291. The molecular weight excluding hydrogens is 300 g/mol. The van der Waals surface area contributed by atoms with Crippen LogP contribution >= 0.6 is 34.2 Å². The first-order valence-corrected chi connectivity index (χ1v) is 4.40. The highest BCUT2D eigenvalue weighted by molar-refractivity contribution is 14.1. The van der Waals surface area contributed by atoms with Crippen molar-refractivity contribution >= 4 is 34.2 Å². The molecule has 5 heteroatoms. The van der Waals surface area contributed by atoms with E-state index in [4.69, 9.17) is 11.6 Å². The van der Waals surface area contributed by atoms with Gasteiger partial charge in [0.05, 0.1) is 15.7 Å². The third-order valence-electron chi connectivity index (χ3n) is 1.28. The molecule has 0 unspecified atom stereocenters. The van der Waals surface area contributed by atoms with Gasteiger partial charge in [0.2, 0.25) is 0 Å². The van der Waals surface area contributed by atoms with Crippen molar-refractivity contribution in [2.45, 2.75) is 0 Å². The molecule has 0 aliphatic heterocycles. The summed E-state index contributed by atoms with van der Waals surface area (Å²) in [6, 6.07) is 0.918. The van der Waals surface area contributed by atoms with Gasteiger partial charge in [-0.1, -0.05) is 11.6 Å². The van der Waals surface area contributed by atoms with E-state index >= 15 is 0 Å². The van der Waals surface area contributed by atoms with E-state index in [0.29, 0.717) is 0 Å². The molecule has 12 heavy (non-hydrogen) atoms. The summed E-state index contributed by atoms with van der Waals surface area (Å²) in [4.78, 5) is 0. The molecule has 1 aromatic carbocycles. The molecule has 1 nitrogen and oxygen atoms in total. The van der Waals surface area contributed by atoms with Gasteiger partial charge in [-0.15, -0.1) is 0 Å². The molecule has 0 aliphatic carbocycles. The van der Waals surface area contributed by atoms with Gasteiger partial charge in [-0.2, -0.15) is 0 Å². The van der Waals surface area contributed by atoms with Crippen LogP contribution in [0, 0.1) is 15.2 Å². The summed E-state index contributed by atoms with van der Waals surface area (Å²) in [6.07, 6.45) is 0. The van der Waals surface area contributed by atoms with Crippen LogP contribution in [0.15, 0.2) is 6.07 Å². The minimum Gasteiger partial charge on any atom is -0.492 e. The molecule has 0 aliphatic rings.